The van der Waals surface area contributed by atoms with E-state index < -0.39 is 0 Å². The lowest BCUT2D eigenvalue weighted by molar-refractivity contribution is 1.26. The smallest absolute Gasteiger partial charge is 0.209 e. The highest BCUT2D eigenvalue weighted by molar-refractivity contribution is 9.11. The summed E-state index contributed by atoms with van der Waals surface area (Å²) in [7, 11) is 0. The second kappa shape index (κ2) is 4.38. The second-order valence-electron chi connectivity index (χ2n) is 2.49. The van der Waals surface area contributed by atoms with Crippen molar-refractivity contribution in [1.29, 1.82) is 0 Å². The number of hydrogen-bond donors (Lipinski definition) is 0. The van der Waals surface area contributed by atoms with Crippen molar-refractivity contribution in [2.24, 2.45) is 0 Å². The Morgan fingerprint density at radius 1 is 1.14 bits per heavy atom. The second-order valence-corrected chi connectivity index (χ2v) is 5.72. The van der Waals surface area contributed by atoms with Gasteiger partial charge in [-0.05, 0) is 45.7 Å². The molecule has 2 rings (SSSR count). The zero-order valence-corrected chi connectivity index (χ0v) is 12.2. The van der Waals surface area contributed by atoms with Gasteiger partial charge < -0.3 is 0 Å². The molecule has 0 amide bonds. The van der Waals surface area contributed by atoms with E-state index in [1.165, 1.54) is 11.5 Å². The van der Waals surface area contributed by atoms with E-state index in [0.29, 0.717) is 4.73 Å². The normalized spacial score (nSPS) is 10.5. The first-order valence-electron chi connectivity index (χ1n) is 3.61. The van der Waals surface area contributed by atoms with Gasteiger partial charge in [0.2, 0.25) is 4.73 Å². The van der Waals surface area contributed by atoms with Crippen molar-refractivity contribution in [3.05, 3.63) is 31.9 Å². The van der Waals surface area contributed by atoms with Crippen LogP contribution < -0.4 is 0 Å². The Morgan fingerprint density at radius 3 is 2.50 bits per heavy atom. The minimum atomic E-state index is 0.632. The summed E-state index contributed by atoms with van der Waals surface area (Å²) in [6, 6.07) is 5.97. The summed E-state index contributed by atoms with van der Waals surface area (Å²) in [5.41, 5.74) is 1.05. The highest BCUT2D eigenvalue weighted by Crippen LogP contribution is 2.32. The van der Waals surface area contributed by atoms with Gasteiger partial charge >= 0.3 is 0 Å². The van der Waals surface area contributed by atoms with E-state index in [1.54, 1.807) is 0 Å². The molecular weight excluding hydrogens is 396 g/mol. The SMILES string of the molecule is Brc1ccc(-c2nc(Br)ns2)c(Br)c1. The zero-order valence-electron chi connectivity index (χ0n) is 6.67. The van der Waals surface area contributed by atoms with Crippen molar-refractivity contribution in [2.75, 3.05) is 0 Å². The lowest BCUT2D eigenvalue weighted by atomic mass is 10.2. The van der Waals surface area contributed by atoms with Crippen LogP contribution in [0.1, 0.15) is 0 Å². The summed E-state index contributed by atoms with van der Waals surface area (Å²) < 4.78 is 6.75. The maximum atomic E-state index is 4.25. The molecule has 14 heavy (non-hydrogen) atoms. The van der Waals surface area contributed by atoms with Crippen LogP contribution in [0.15, 0.2) is 31.9 Å². The molecule has 1 aromatic carbocycles. The number of benzene rings is 1. The fraction of sp³-hybridized carbons (Fsp3) is 0. The molecule has 0 saturated heterocycles. The van der Waals surface area contributed by atoms with Crippen LogP contribution in [0, 0.1) is 0 Å². The van der Waals surface area contributed by atoms with Crippen molar-refractivity contribution in [2.45, 2.75) is 0 Å². The first-order valence-corrected chi connectivity index (χ1v) is 6.76. The minimum Gasteiger partial charge on any atom is -0.209 e. The van der Waals surface area contributed by atoms with E-state index in [4.69, 9.17) is 0 Å². The quantitative estimate of drug-likeness (QED) is 0.707. The van der Waals surface area contributed by atoms with Crippen molar-refractivity contribution in [3.8, 4) is 10.6 Å². The molecule has 0 aliphatic heterocycles. The Hall–Kier alpha value is 0.220. The van der Waals surface area contributed by atoms with Gasteiger partial charge in [0.1, 0.15) is 5.01 Å². The Bertz CT molecular complexity index is 469. The van der Waals surface area contributed by atoms with Gasteiger partial charge in [0, 0.05) is 14.5 Å². The molecule has 0 aliphatic rings. The molecule has 0 saturated carbocycles. The summed E-state index contributed by atoms with van der Waals surface area (Å²) >= 11 is 11.5. The molecule has 0 radical (unpaired) electrons. The Morgan fingerprint density at radius 2 is 1.93 bits per heavy atom. The Balaban J connectivity index is 2.52. The first-order chi connectivity index (χ1) is 6.66. The zero-order chi connectivity index (χ0) is 10.1. The van der Waals surface area contributed by atoms with Crippen LogP contribution in [0.25, 0.3) is 10.6 Å². The molecule has 72 valence electrons. The van der Waals surface area contributed by atoms with Gasteiger partial charge in [-0.2, -0.15) is 4.37 Å². The van der Waals surface area contributed by atoms with Crippen LogP contribution in [0.4, 0.5) is 0 Å². The van der Waals surface area contributed by atoms with Gasteiger partial charge in [0.05, 0.1) is 0 Å². The predicted octanol–water partition coefficient (Wildman–Crippen LogP) is 4.49. The van der Waals surface area contributed by atoms with E-state index in [1.807, 2.05) is 18.2 Å². The molecule has 0 aliphatic carbocycles. The van der Waals surface area contributed by atoms with Gasteiger partial charge in [-0.3, -0.25) is 0 Å². The average Bonchev–Trinajstić information content (AvgIpc) is 2.51. The van der Waals surface area contributed by atoms with Crippen LogP contribution in [0.5, 0.6) is 0 Å². The number of halogens is 3. The summed E-state index contributed by atoms with van der Waals surface area (Å²) in [5, 5.41) is 0.899. The molecule has 0 N–H and O–H groups in total. The van der Waals surface area contributed by atoms with Crippen molar-refractivity contribution >= 4 is 59.3 Å². The molecule has 0 spiro atoms. The molecule has 0 fully saturated rings. The summed E-state index contributed by atoms with van der Waals surface area (Å²) in [4.78, 5) is 4.25. The van der Waals surface area contributed by atoms with Gasteiger partial charge in [-0.1, -0.05) is 31.9 Å². The molecular formula is C8H3Br3N2S. The molecule has 2 aromatic rings. The van der Waals surface area contributed by atoms with Crippen LogP contribution in [0.3, 0.4) is 0 Å². The minimum absolute atomic E-state index is 0.632. The van der Waals surface area contributed by atoms with E-state index >= 15 is 0 Å². The lowest BCUT2D eigenvalue weighted by Crippen LogP contribution is -1.78. The van der Waals surface area contributed by atoms with E-state index in [0.717, 1.165) is 19.5 Å². The number of hydrogen-bond acceptors (Lipinski definition) is 3. The number of nitrogens with zero attached hydrogens (tertiary/aromatic N) is 2. The highest BCUT2D eigenvalue weighted by Gasteiger charge is 2.08. The van der Waals surface area contributed by atoms with Crippen molar-refractivity contribution in [3.63, 3.8) is 0 Å². The summed E-state index contributed by atoms with van der Waals surface area (Å²) in [6.07, 6.45) is 0. The third kappa shape index (κ3) is 2.24. The van der Waals surface area contributed by atoms with Crippen LogP contribution in [0.2, 0.25) is 0 Å². The molecule has 0 bridgehead atoms. The lowest BCUT2D eigenvalue weighted by Gasteiger charge is -1.99. The first kappa shape index (κ1) is 10.7. The fourth-order valence-corrected chi connectivity index (χ4v) is 3.46. The van der Waals surface area contributed by atoms with Crippen LogP contribution in [-0.2, 0) is 0 Å². The summed E-state index contributed by atoms with van der Waals surface area (Å²) in [5.74, 6) is 0. The van der Waals surface area contributed by atoms with Crippen LogP contribution >= 0.6 is 59.3 Å². The third-order valence-electron chi connectivity index (χ3n) is 1.56. The third-order valence-corrected chi connectivity index (χ3v) is 4.05. The standard InChI is InChI=1S/C8H3Br3N2S/c9-4-1-2-5(6(10)3-4)7-12-8(11)13-14-7/h1-3H. The molecule has 2 nitrogen and oxygen atoms in total. The van der Waals surface area contributed by atoms with Gasteiger partial charge in [-0.25, -0.2) is 4.98 Å². The van der Waals surface area contributed by atoms with Crippen molar-refractivity contribution < 1.29 is 0 Å². The molecule has 6 heteroatoms. The monoisotopic (exact) mass is 396 g/mol. The molecule has 1 heterocycles. The molecule has 0 atom stereocenters. The summed E-state index contributed by atoms with van der Waals surface area (Å²) in [6.45, 7) is 0. The highest BCUT2D eigenvalue weighted by atomic mass is 79.9. The average molecular weight is 399 g/mol. The predicted molar refractivity (Wildman–Crippen MR) is 68.4 cm³/mol. The number of rotatable bonds is 1. The van der Waals surface area contributed by atoms with E-state index in [9.17, 15) is 0 Å². The molecule has 1 aromatic heterocycles. The van der Waals surface area contributed by atoms with E-state index in [2.05, 4.69) is 57.1 Å². The largest absolute Gasteiger partial charge is 0.209 e. The van der Waals surface area contributed by atoms with Gasteiger partial charge in [-0.15, -0.1) is 0 Å². The maximum Gasteiger partial charge on any atom is 0.209 e. The Labute approximate surface area is 110 Å². The number of aromatic nitrogens is 2. The van der Waals surface area contributed by atoms with Gasteiger partial charge in [0.25, 0.3) is 0 Å². The van der Waals surface area contributed by atoms with Crippen LogP contribution in [-0.4, -0.2) is 9.36 Å². The Kier molecular flexibility index (Phi) is 3.36. The topological polar surface area (TPSA) is 25.8 Å². The fourth-order valence-electron chi connectivity index (χ4n) is 0.978. The van der Waals surface area contributed by atoms with Gasteiger partial charge in [0.15, 0.2) is 0 Å². The maximum absolute atomic E-state index is 4.25. The van der Waals surface area contributed by atoms with E-state index in [-0.39, 0.29) is 0 Å². The van der Waals surface area contributed by atoms with Crippen molar-refractivity contribution in [1.82, 2.24) is 9.36 Å². The molecule has 0 unspecified atom stereocenters.